The van der Waals surface area contributed by atoms with E-state index in [-0.39, 0.29) is 24.5 Å². The Morgan fingerprint density at radius 1 is 1.14 bits per heavy atom. The number of carbonyl (C=O) groups is 3. The largest absolute Gasteiger partial charge is 0.480 e. The second-order valence-corrected chi connectivity index (χ2v) is 5.49. The number of hydrogen-bond acceptors (Lipinski definition) is 3. The summed E-state index contributed by atoms with van der Waals surface area (Å²) in [5.74, 6) is -1.93. The second kappa shape index (κ2) is 7.78. The molecule has 0 unspecified atom stereocenters. The van der Waals surface area contributed by atoms with Gasteiger partial charge in [0.05, 0.1) is 0 Å². The number of ketones is 1. The van der Waals surface area contributed by atoms with Crippen molar-refractivity contribution in [3.63, 3.8) is 0 Å². The van der Waals surface area contributed by atoms with Crippen LogP contribution in [-0.2, 0) is 9.59 Å². The fourth-order valence-electron chi connectivity index (χ4n) is 1.77. The van der Waals surface area contributed by atoms with E-state index in [2.05, 4.69) is 5.32 Å². The molecule has 1 amide bonds. The van der Waals surface area contributed by atoms with Crippen LogP contribution < -0.4 is 5.32 Å². The molecule has 21 heavy (non-hydrogen) atoms. The fourth-order valence-corrected chi connectivity index (χ4v) is 1.89. The zero-order valence-corrected chi connectivity index (χ0v) is 12.7. The average Bonchev–Trinajstić information content (AvgIpc) is 2.42. The summed E-state index contributed by atoms with van der Waals surface area (Å²) in [6.45, 7) is 3.41. The van der Waals surface area contributed by atoms with Crippen LogP contribution in [0.3, 0.4) is 0 Å². The molecule has 0 aliphatic rings. The summed E-state index contributed by atoms with van der Waals surface area (Å²) < 4.78 is 0. The Hall–Kier alpha value is -1.88. The van der Waals surface area contributed by atoms with Gasteiger partial charge in [-0.05, 0) is 30.2 Å². The molecule has 0 bridgehead atoms. The van der Waals surface area contributed by atoms with Crippen LogP contribution in [-0.4, -0.2) is 28.8 Å². The number of nitrogens with one attached hydrogen (secondary N) is 1. The van der Waals surface area contributed by atoms with E-state index in [0.717, 1.165) is 0 Å². The average molecular weight is 312 g/mol. The smallest absolute Gasteiger partial charge is 0.326 e. The maximum atomic E-state index is 11.9. The first-order valence-corrected chi connectivity index (χ1v) is 7.00. The second-order valence-electron chi connectivity index (χ2n) is 5.06. The van der Waals surface area contributed by atoms with E-state index in [1.54, 1.807) is 38.1 Å². The highest BCUT2D eigenvalue weighted by atomic mass is 35.5. The van der Waals surface area contributed by atoms with Gasteiger partial charge in [-0.25, -0.2) is 4.79 Å². The van der Waals surface area contributed by atoms with Crippen molar-refractivity contribution in [1.29, 1.82) is 0 Å². The third-order valence-electron chi connectivity index (χ3n) is 2.99. The molecule has 0 saturated heterocycles. The van der Waals surface area contributed by atoms with Gasteiger partial charge in [-0.15, -0.1) is 0 Å². The molecule has 0 aromatic heterocycles. The van der Waals surface area contributed by atoms with Crippen LogP contribution in [0, 0.1) is 5.92 Å². The molecule has 5 nitrogen and oxygen atoms in total. The minimum atomic E-state index is -1.08. The number of amides is 1. The van der Waals surface area contributed by atoms with E-state index in [1.165, 1.54) is 0 Å². The van der Waals surface area contributed by atoms with Crippen molar-refractivity contribution in [2.45, 2.75) is 32.7 Å². The molecule has 0 saturated carbocycles. The van der Waals surface area contributed by atoms with E-state index in [4.69, 9.17) is 16.7 Å². The van der Waals surface area contributed by atoms with Crippen LogP contribution in [0.5, 0.6) is 0 Å². The predicted octanol–water partition coefficient (Wildman–Crippen LogP) is 2.53. The van der Waals surface area contributed by atoms with Gasteiger partial charge in [0.2, 0.25) is 5.91 Å². The Morgan fingerprint density at radius 3 is 2.19 bits per heavy atom. The molecule has 2 N–H and O–H groups in total. The maximum Gasteiger partial charge on any atom is 0.326 e. The summed E-state index contributed by atoms with van der Waals surface area (Å²) in [5.41, 5.74) is 0.478. The number of carbonyl (C=O) groups excluding carboxylic acids is 2. The molecule has 1 atom stereocenters. The lowest BCUT2D eigenvalue weighted by Gasteiger charge is -2.17. The molecule has 0 aliphatic carbocycles. The molecule has 1 rings (SSSR count). The predicted molar refractivity (Wildman–Crippen MR) is 79.4 cm³/mol. The molecule has 0 aliphatic heterocycles. The highest BCUT2D eigenvalue weighted by Crippen LogP contribution is 2.12. The molecule has 0 radical (unpaired) electrons. The number of Topliss-reactive ketones (excluding diaryl/α,β-unsaturated/α-hetero) is 1. The fraction of sp³-hybridized carbons (Fsp3) is 0.400. The molecule has 1 aromatic rings. The normalized spacial score (nSPS) is 12.0. The van der Waals surface area contributed by atoms with Gasteiger partial charge < -0.3 is 10.4 Å². The lowest BCUT2D eigenvalue weighted by Crippen LogP contribution is -2.44. The van der Waals surface area contributed by atoms with Gasteiger partial charge in [0, 0.05) is 23.4 Å². The molecular formula is C15H18ClNO4. The molecule has 0 heterocycles. The SMILES string of the molecule is CC(C)[C@@H](NC(=O)CCC(=O)c1ccc(Cl)cc1)C(=O)O. The highest BCUT2D eigenvalue weighted by molar-refractivity contribution is 6.30. The number of carboxylic acids is 1. The Bertz CT molecular complexity index is 525. The van der Waals surface area contributed by atoms with Crippen LogP contribution in [0.15, 0.2) is 24.3 Å². The topological polar surface area (TPSA) is 83.5 Å². The van der Waals surface area contributed by atoms with Gasteiger partial charge in [0.25, 0.3) is 0 Å². The van der Waals surface area contributed by atoms with Crippen LogP contribution in [0.25, 0.3) is 0 Å². The van der Waals surface area contributed by atoms with E-state index in [1.807, 2.05) is 0 Å². The number of carboxylic acid groups (broad SMARTS) is 1. The van der Waals surface area contributed by atoms with Crippen molar-refractivity contribution < 1.29 is 19.5 Å². The summed E-state index contributed by atoms with van der Waals surface area (Å²) in [7, 11) is 0. The van der Waals surface area contributed by atoms with Gasteiger partial charge in [-0.1, -0.05) is 25.4 Å². The Labute approximate surface area is 128 Å². The highest BCUT2D eigenvalue weighted by Gasteiger charge is 2.23. The third-order valence-corrected chi connectivity index (χ3v) is 3.25. The standard InChI is InChI=1S/C15H18ClNO4/c1-9(2)14(15(20)21)17-13(19)8-7-12(18)10-3-5-11(16)6-4-10/h3-6,9,14H,7-8H2,1-2H3,(H,17,19)(H,20,21)/t14-/m1/s1. The minimum absolute atomic E-state index is 0.0257. The molecular weight excluding hydrogens is 294 g/mol. The summed E-state index contributed by atoms with van der Waals surface area (Å²) in [6.07, 6.45) is -0.0180. The van der Waals surface area contributed by atoms with Crippen molar-refractivity contribution in [2.24, 2.45) is 5.92 Å². The number of benzene rings is 1. The summed E-state index contributed by atoms with van der Waals surface area (Å²) in [5, 5.41) is 11.9. The van der Waals surface area contributed by atoms with Gasteiger partial charge in [0.15, 0.2) is 5.78 Å². The van der Waals surface area contributed by atoms with Crippen LogP contribution >= 0.6 is 11.6 Å². The number of aliphatic carboxylic acids is 1. The van der Waals surface area contributed by atoms with Crippen molar-refractivity contribution in [3.05, 3.63) is 34.9 Å². The number of rotatable bonds is 7. The van der Waals surface area contributed by atoms with Crippen molar-refractivity contribution >= 4 is 29.3 Å². The lowest BCUT2D eigenvalue weighted by atomic mass is 10.0. The Kier molecular flexibility index (Phi) is 6.37. The number of hydrogen-bond donors (Lipinski definition) is 2. The third kappa shape index (κ3) is 5.55. The van der Waals surface area contributed by atoms with E-state index in [9.17, 15) is 14.4 Å². The summed E-state index contributed by atoms with van der Waals surface area (Å²) >= 11 is 5.73. The first-order valence-electron chi connectivity index (χ1n) is 6.62. The van der Waals surface area contributed by atoms with Crippen LogP contribution in [0.1, 0.15) is 37.0 Å². The monoisotopic (exact) mass is 311 g/mol. The Morgan fingerprint density at radius 2 is 1.71 bits per heavy atom. The van der Waals surface area contributed by atoms with Crippen molar-refractivity contribution in [1.82, 2.24) is 5.32 Å². The van der Waals surface area contributed by atoms with Crippen molar-refractivity contribution in [3.8, 4) is 0 Å². The quantitative estimate of drug-likeness (QED) is 0.758. The first-order chi connectivity index (χ1) is 9.81. The van der Waals surface area contributed by atoms with Crippen LogP contribution in [0.4, 0.5) is 0 Å². The first kappa shape index (κ1) is 17.2. The van der Waals surface area contributed by atoms with E-state index >= 15 is 0 Å². The van der Waals surface area contributed by atoms with E-state index in [0.29, 0.717) is 10.6 Å². The molecule has 0 fully saturated rings. The molecule has 1 aromatic carbocycles. The lowest BCUT2D eigenvalue weighted by molar-refractivity contribution is -0.143. The summed E-state index contributed by atoms with van der Waals surface area (Å²) in [4.78, 5) is 34.6. The minimum Gasteiger partial charge on any atom is -0.480 e. The summed E-state index contributed by atoms with van der Waals surface area (Å²) in [6, 6.07) is 5.46. The van der Waals surface area contributed by atoms with Gasteiger partial charge in [0.1, 0.15) is 6.04 Å². The maximum absolute atomic E-state index is 11.9. The Balaban J connectivity index is 2.51. The van der Waals surface area contributed by atoms with Crippen LogP contribution in [0.2, 0.25) is 5.02 Å². The van der Waals surface area contributed by atoms with Gasteiger partial charge in [-0.2, -0.15) is 0 Å². The van der Waals surface area contributed by atoms with Gasteiger partial charge >= 0.3 is 5.97 Å². The molecule has 0 spiro atoms. The number of halogens is 1. The zero-order chi connectivity index (χ0) is 16.0. The van der Waals surface area contributed by atoms with E-state index < -0.39 is 17.9 Å². The van der Waals surface area contributed by atoms with Crippen molar-refractivity contribution in [2.75, 3.05) is 0 Å². The van der Waals surface area contributed by atoms with Gasteiger partial charge in [-0.3, -0.25) is 9.59 Å². The zero-order valence-electron chi connectivity index (χ0n) is 11.9. The molecule has 114 valence electrons. The molecule has 6 heteroatoms.